The summed E-state index contributed by atoms with van der Waals surface area (Å²) in [4.78, 5) is 33.1. The first-order chi connectivity index (χ1) is 11.7. The number of aromatic nitrogens is 2. The number of hydrogen-bond donors (Lipinski definition) is 1. The third kappa shape index (κ3) is 3.33. The number of nitrogens with zero attached hydrogens (tertiary/aromatic N) is 2. The van der Waals surface area contributed by atoms with Crippen LogP contribution in [0.1, 0.15) is 18.3 Å². The molecule has 2 heterocycles. The number of aryl methyl sites for hydroxylation is 2. The lowest BCUT2D eigenvalue weighted by Gasteiger charge is -2.29. The Kier molecular flexibility index (Phi) is 4.70. The van der Waals surface area contributed by atoms with Gasteiger partial charge in [-0.05, 0) is 48.8 Å². The van der Waals surface area contributed by atoms with E-state index in [0.717, 1.165) is 11.4 Å². The predicted molar refractivity (Wildman–Crippen MR) is 96.1 cm³/mol. The SMILES string of the molecule is Cc1cc(C)nc(SCC2=CC3=C(Br)C(=O)C(C)(O)C(=O)C3=CO2)n1. The standard InChI is InChI=1S/C17H15BrN2O4S/c1-8-4-9(2)20-16(19-8)25-7-10-5-11-12(6-24-10)14(21)17(3,23)15(22)13(11)18/h4-6,23H,7H2,1-3H3. The second-order valence-corrected chi connectivity index (χ2v) is 7.68. The summed E-state index contributed by atoms with van der Waals surface area (Å²) in [5.41, 5.74) is 0.279. The Morgan fingerprint density at radius 2 is 1.88 bits per heavy atom. The van der Waals surface area contributed by atoms with Crippen molar-refractivity contribution in [3.8, 4) is 0 Å². The summed E-state index contributed by atoms with van der Waals surface area (Å²) in [5, 5.41) is 10.7. The van der Waals surface area contributed by atoms with Gasteiger partial charge in [0.1, 0.15) is 12.0 Å². The van der Waals surface area contributed by atoms with Gasteiger partial charge in [-0.25, -0.2) is 9.97 Å². The summed E-state index contributed by atoms with van der Waals surface area (Å²) in [6, 6.07) is 1.89. The maximum Gasteiger partial charge on any atom is 0.209 e. The molecule has 1 aliphatic carbocycles. The van der Waals surface area contributed by atoms with E-state index in [0.29, 0.717) is 22.2 Å². The highest BCUT2D eigenvalue weighted by Crippen LogP contribution is 2.38. The number of fused-ring (bicyclic) bond motifs is 1. The number of hydrogen-bond acceptors (Lipinski definition) is 7. The van der Waals surface area contributed by atoms with Crippen LogP contribution in [0.5, 0.6) is 0 Å². The Hall–Kier alpha value is -1.77. The summed E-state index contributed by atoms with van der Waals surface area (Å²) in [6.07, 6.45) is 2.90. The van der Waals surface area contributed by atoms with E-state index in [1.54, 1.807) is 6.08 Å². The van der Waals surface area contributed by atoms with Crippen LogP contribution in [0.2, 0.25) is 0 Å². The largest absolute Gasteiger partial charge is 0.468 e. The number of aliphatic hydroxyl groups is 1. The molecule has 1 aliphatic heterocycles. The molecular formula is C17H15BrN2O4S. The van der Waals surface area contributed by atoms with Crippen LogP contribution in [-0.4, -0.2) is 38.0 Å². The third-order valence-electron chi connectivity index (χ3n) is 3.79. The van der Waals surface area contributed by atoms with Crippen molar-refractivity contribution in [2.24, 2.45) is 0 Å². The molecular weight excluding hydrogens is 408 g/mol. The van der Waals surface area contributed by atoms with Gasteiger partial charge in [-0.2, -0.15) is 0 Å². The van der Waals surface area contributed by atoms with E-state index in [-0.39, 0.29) is 10.1 Å². The normalized spacial score (nSPS) is 23.1. The molecule has 130 valence electrons. The fraction of sp³-hybridized carbons (Fsp3) is 0.294. The van der Waals surface area contributed by atoms with Crippen LogP contribution in [0.25, 0.3) is 0 Å². The van der Waals surface area contributed by atoms with Crippen LogP contribution in [0, 0.1) is 13.8 Å². The number of rotatable bonds is 3. The van der Waals surface area contributed by atoms with E-state index in [4.69, 9.17) is 4.74 Å². The quantitative estimate of drug-likeness (QED) is 0.454. The maximum atomic E-state index is 12.3. The van der Waals surface area contributed by atoms with E-state index in [1.807, 2.05) is 19.9 Å². The van der Waals surface area contributed by atoms with Crippen molar-refractivity contribution >= 4 is 39.3 Å². The minimum atomic E-state index is -2.08. The van der Waals surface area contributed by atoms with Crippen molar-refractivity contribution < 1.29 is 19.4 Å². The van der Waals surface area contributed by atoms with E-state index >= 15 is 0 Å². The smallest absolute Gasteiger partial charge is 0.209 e. The fourth-order valence-corrected chi connectivity index (χ4v) is 4.05. The molecule has 1 unspecified atom stereocenters. The molecule has 0 amide bonds. The summed E-state index contributed by atoms with van der Waals surface area (Å²) in [6.45, 7) is 4.98. The Labute approximate surface area is 157 Å². The van der Waals surface area contributed by atoms with E-state index < -0.39 is 17.2 Å². The zero-order valence-corrected chi connectivity index (χ0v) is 16.2. The van der Waals surface area contributed by atoms with Crippen LogP contribution in [0.3, 0.4) is 0 Å². The molecule has 0 fully saturated rings. The predicted octanol–water partition coefficient (Wildman–Crippen LogP) is 2.54. The molecule has 6 nitrogen and oxygen atoms in total. The third-order valence-corrected chi connectivity index (χ3v) is 5.45. The second kappa shape index (κ2) is 6.51. The van der Waals surface area contributed by atoms with Gasteiger partial charge in [0.2, 0.25) is 11.6 Å². The van der Waals surface area contributed by atoms with Gasteiger partial charge < -0.3 is 9.84 Å². The number of halogens is 1. The van der Waals surface area contributed by atoms with Gasteiger partial charge in [0.05, 0.1) is 15.8 Å². The minimum absolute atomic E-state index is 0.164. The lowest BCUT2D eigenvalue weighted by atomic mass is 9.80. The fourth-order valence-electron chi connectivity index (χ4n) is 2.50. The van der Waals surface area contributed by atoms with Crippen LogP contribution >= 0.6 is 27.7 Å². The van der Waals surface area contributed by atoms with Gasteiger partial charge >= 0.3 is 0 Å². The Balaban J connectivity index is 1.84. The number of allylic oxidation sites excluding steroid dienone is 2. The van der Waals surface area contributed by atoms with Crippen molar-refractivity contribution in [2.45, 2.75) is 31.5 Å². The zero-order chi connectivity index (χ0) is 18.4. The van der Waals surface area contributed by atoms with Crippen LogP contribution in [0.4, 0.5) is 0 Å². The number of thioether (sulfide) groups is 1. The average Bonchev–Trinajstić information content (AvgIpc) is 2.56. The van der Waals surface area contributed by atoms with Gasteiger partial charge in [0.25, 0.3) is 0 Å². The van der Waals surface area contributed by atoms with E-state index in [1.165, 1.54) is 24.9 Å². The summed E-state index contributed by atoms with van der Waals surface area (Å²) in [7, 11) is 0. The summed E-state index contributed by atoms with van der Waals surface area (Å²) < 4.78 is 5.67. The van der Waals surface area contributed by atoms with Gasteiger partial charge in [-0.3, -0.25) is 9.59 Å². The Morgan fingerprint density at radius 1 is 1.24 bits per heavy atom. The molecule has 0 saturated heterocycles. The van der Waals surface area contributed by atoms with Crippen LogP contribution < -0.4 is 0 Å². The van der Waals surface area contributed by atoms with Crippen molar-refractivity contribution in [2.75, 3.05) is 5.75 Å². The van der Waals surface area contributed by atoms with Gasteiger partial charge in [0, 0.05) is 17.0 Å². The highest BCUT2D eigenvalue weighted by molar-refractivity contribution is 9.12. The van der Waals surface area contributed by atoms with Gasteiger partial charge in [-0.15, -0.1) is 0 Å². The molecule has 8 heteroatoms. The molecule has 1 aromatic rings. The number of Topliss-reactive ketones (excluding diaryl/α,β-unsaturated/α-hetero) is 2. The second-order valence-electron chi connectivity index (χ2n) is 5.94. The van der Waals surface area contributed by atoms with Gasteiger partial charge in [-0.1, -0.05) is 11.8 Å². The van der Waals surface area contributed by atoms with Crippen molar-refractivity contribution in [1.29, 1.82) is 0 Å². The minimum Gasteiger partial charge on any atom is -0.468 e. The molecule has 0 spiro atoms. The van der Waals surface area contributed by atoms with Crippen molar-refractivity contribution in [1.82, 2.24) is 9.97 Å². The van der Waals surface area contributed by atoms with Crippen molar-refractivity contribution in [3.63, 3.8) is 0 Å². The van der Waals surface area contributed by atoms with Crippen LogP contribution in [0.15, 0.2) is 44.9 Å². The van der Waals surface area contributed by atoms with E-state index in [2.05, 4.69) is 25.9 Å². The Morgan fingerprint density at radius 3 is 2.52 bits per heavy atom. The first-order valence-electron chi connectivity index (χ1n) is 7.44. The van der Waals surface area contributed by atoms with Gasteiger partial charge in [0.15, 0.2) is 10.8 Å². The molecule has 0 bridgehead atoms. The van der Waals surface area contributed by atoms with Crippen molar-refractivity contribution in [3.05, 3.63) is 51.2 Å². The summed E-state index contributed by atoms with van der Waals surface area (Å²) in [5.74, 6) is -0.329. The zero-order valence-electron chi connectivity index (χ0n) is 13.8. The summed E-state index contributed by atoms with van der Waals surface area (Å²) >= 11 is 4.58. The lowest BCUT2D eigenvalue weighted by Crippen LogP contribution is -2.48. The van der Waals surface area contributed by atoms with E-state index in [9.17, 15) is 14.7 Å². The molecule has 1 atom stereocenters. The first kappa shape index (κ1) is 18.0. The average molecular weight is 423 g/mol. The molecule has 1 N–H and O–H groups in total. The molecule has 3 rings (SSSR count). The lowest BCUT2D eigenvalue weighted by molar-refractivity contribution is -0.144. The number of ketones is 2. The molecule has 1 aromatic heterocycles. The topological polar surface area (TPSA) is 89.4 Å². The molecule has 2 aliphatic rings. The number of carbonyl (C=O) groups excluding carboxylic acids is 2. The Bertz CT molecular complexity index is 866. The molecule has 25 heavy (non-hydrogen) atoms. The molecule has 0 radical (unpaired) electrons. The highest BCUT2D eigenvalue weighted by Gasteiger charge is 2.47. The van der Waals surface area contributed by atoms with Crippen LogP contribution in [-0.2, 0) is 14.3 Å². The monoisotopic (exact) mass is 422 g/mol. The highest BCUT2D eigenvalue weighted by atomic mass is 79.9. The maximum absolute atomic E-state index is 12.3. The molecule has 0 saturated carbocycles. The first-order valence-corrected chi connectivity index (χ1v) is 9.22. The molecule has 0 aromatic carbocycles. The number of ether oxygens (including phenoxy) is 1. The number of carbonyl (C=O) groups is 2.